The van der Waals surface area contributed by atoms with Gasteiger partial charge >= 0.3 is 0 Å². The molecule has 1 amide bonds. The Kier molecular flexibility index (Phi) is 6.11. The Balaban J connectivity index is 0.000000775. The zero-order valence-corrected chi connectivity index (χ0v) is 18.1. The lowest BCUT2D eigenvalue weighted by molar-refractivity contribution is -0.122. The van der Waals surface area contributed by atoms with Crippen molar-refractivity contribution >= 4 is 12.4 Å². The second kappa shape index (κ2) is 8.83. The van der Waals surface area contributed by atoms with Crippen molar-refractivity contribution in [1.82, 2.24) is 25.0 Å². The molecule has 0 aliphatic carbocycles. The molecule has 11 heteroatoms. The average Bonchev–Trinajstić information content (AvgIpc) is 3.50. The zero-order chi connectivity index (χ0) is 22.9. The molecule has 0 radical (unpaired) electrons. The summed E-state index contributed by atoms with van der Waals surface area (Å²) < 4.78 is 13.4. The molecular formula is C21H27N5O6. The molecule has 5 heterocycles. The lowest BCUT2D eigenvalue weighted by Gasteiger charge is -2.29. The van der Waals surface area contributed by atoms with E-state index in [4.69, 9.17) is 19.1 Å². The standard InChI is InChI=1S/C20H25N5O4.CH2O2/c1-12-22-23-17(28-12)10-25-9-15-14(16-5-6-20(15,11-25)29-16)8-21-18(26)13-4-3-7-24(2)19(13)27;2-1-3/h3-4,7,14-16H,5-6,8-11H2,1-2H3,(H,21,26);1H,(H,2,3)/t14-,15+,16+,20+;/m0./s1. The molecule has 3 aliphatic rings. The Morgan fingerprint density at radius 3 is 2.94 bits per heavy atom. The summed E-state index contributed by atoms with van der Waals surface area (Å²) in [6.07, 6.45) is 3.87. The SMILES string of the molecule is Cc1nnc(CN2C[C@@H]3[C@H](CNC(=O)c4cccn(C)c4=O)[C@H]4CC[C@]3(C2)O4)o1.O=CO. The first-order valence-electron chi connectivity index (χ1n) is 10.6. The highest BCUT2D eigenvalue weighted by molar-refractivity contribution is 5.93. The quantitative estimate of drug-likeness (QED) is 0.617. The number of hydrogen-bond donors (Lipinski definition) is 2. The number of amides is 1. The third-order valence-corrected chi connectivity index (χ3v) is 6.65. The number of aromatic nitrogens is 3. The monoisotopic (exact) mass is 445 g/mol. The number of likely N-dealkylation sites (tertiary alicyclic amines) is 1. The van der Waals surface area contributed by atoms with Crippen molar-refractivity contribution in [3.63, 3.8) is 0 Å². The number of nitrogens with zero attached hydrogens (tertiary/aromatic N) is 4. The number of aryl methyl sites for hydroxylation is 2. The van der Waals surface area contributed by atoms with Gasteiger partial charge in [-0.1, -0.05) is 0 Å². The van der Waals surface area contributed by atoms with Gasteiger partial charge in [0.1, 0.15) is 5.56 Å². The lowest BCUT2D eigenvalue weighted by atomic mass is 9.73. The van der Waals surface area contributed by atoms with Crippen molar-refractivity contribution in [2.45, 2.75) is 38.0 Å². The molecule has 0 saturated carbocycles. The molecule has 32 heavy (non-hydrogen) atoms. The van der Waals surface area contributed by atoms with E-state index < -0.39 is 0 Å². The van der Waals surface area contributed by atoms with E-state index in [0.717, 1.165) is 25.9 Å². The Morgan fingerprint density at radius 1 is 1.44 bits per heavy atom. The van der Waals surface area contributed by atoms with Crippen LogP contribution in [0.1, 0.15) is 35.0 Å². The molecule has 4 atom stereocenters. The normalized spacial score (nSPS) is 28.1. The summed E-state index contributed by atoms with van der Waals surface area (Å²) in [6, 6.07) is 3.28. The van der Waals surface area contributed by atoms with Gasteiger partial charge in [-0.2, -0.15) is 0 Å². The molecule has 5 rings (SSSR count). The first-order chi connectivity index (χ1) is 15.4. The number of nitrogens with one attached hydrogen (secondary N) is 1. The molecule has 2 aromatic rings. The number of carbonyl (C=O) groups is 2. The maximum atomic E-state index is 12.6. The van der Waals surface area contributed by atoms with Gasteiger partial charge in [-0.3, -0.25) is 19.3 Å². The summed E-state index contributed by atoms with van der Waals surface area (Å²) in [5.41, 5.74) is -0.251. The Bertz CT molecular complexity index is 1050. The number of ether oxygens (including phenoxy) is 1. The van der Waals surface area contributed by atoms with Gasteiger partial charge in [0.25, 0.3) is 17.9 Å². The van der Waals surface area contributed by atoms with E-state index in [1.807, 2.05) is 0 Å². The van der Waals surface area contributed by atoms with Crippen LogP contribution in [0, 0.1) is 18.8 Å². The highest BCUT2D eigenvalue weighted by Gasteiger charge is 2.62. The molecule has 2 bridgehead atoms. The number of carboxylic acid groups (broad SMARTS) is 1. The molecule has 172 valence electrons. The Labute approximate surface area is 184 Å². The van der Waals surface area contributed by atoms with Crippen molar-refractivity contribution < 1.29 is 23.8 Å². The van der Waals surface area contributed by atoms with Crippen molar-refractivity contribution in [3.8, 4) is 0 Å². The van der Waals surface area contributed by atoms with Gasteiger partial charge in [-0.05, 0) is 25.0 Å². The number of carbonyl (C=O) groups excluding carboxylic acids is 1. The third kappa shape index (κ3) is 4.05. The van der Waals surface area contributed by atoms with Gasteiger partial charge in [0, 0.05) is 51.6 Å². The fraction of sp³-hybridized carbons (Fsp3) is 0.571. The molecule has 11 nitrogen and oxygen atoms in total. The fourth-order valence-electron chi connectivity index (χ4n) is 5.35. The van der Waals surface area contributed by atoms with Crippen LogP contribution in [-0.2, 0) is 23.1 Å². The van der Waals surface area contributed by atoms with Gasteiger partial charge in [0.2, 0.25) is 11.8 Å². The van der Waals surface area contributed by atoms with E-state index in [-0.39, 0.29) is 41.1 Å². The summed E-state index contributed by atoms with van der Waals surface area (Å²) in [5.74, 6) is 1.47. The first kappa shape index (κ1) is 22.2. The second-order valence-electron chi connectivity index (χ2n) is 8.57. The minimum Gasteiger partial charge on any atom is -0.483 e. The average molecular weight is 445 g/mol. The van der Waals surface area contributed by atoms with E-state index in [0.29, 0.717) is 30.8 Å². The molecule has 2 N–H and O–H groups in total. The lowest BCUT2D eigenvalue weighted by Crippen LogP contribution is -2.42. The van der Waals surface area contributed by atoms with Crippen LogP contribution < -0.4 is 10.9 Å². The van der Waals surface area contributed by atoms with Crippen LogP contribution in [-0.4, -0.2) is 68.5 Å². The topological polar surface area (TPSA) is 140 Å². The molecular weight excluding hydrogens is 418 g/mol. The van der Waals surface area contributed by atoms with Crippen LogP contribution in [0.3, 0.4) is 0 Å². The van der Waals surface area contributed by atoms with Gasteiger partial charge in [-0.25, -0.2) is 0 Å². The number of rotatable bonds is 5. The van der Waals surface area contributed by atoms with Gasteiger partial charge < -0.3 is 24.1 Å². The predicted molar refractivity (Wildman–Crippen MR) is 111 cm³/mol. The summed E-state index contributed by atoms with van der Waals surface area (Å²) in [4.78, 5) is 35.4. The minimum atomic E-state index is -0.320. The van der Waals surface area contributed by atoms with Gasteiger partial charge in [0.15, 0.2) is 0 Å². The molecule has 1 spiro atoms. The van der Waals surface area contributed by atoms with E-state index >= 15 is 0 Å². The van der Waals surface area contributed by atoms with Crippen molar-refractivity contribution in [3.05, 3.63) is 46.0 Å². The van der Waals surface area contributed by atoms with E-state index in [1.54, 1.807) is 32.3 Å². The van der Waals surface area contributed by atoms with Crippen molar-refractivity contribution in [2.24, 2.45) is 18.9 Å². The Morgan fingerprint density at radius 2 is 2.22 bits per heavy atom. The molecule has 0 unspecified atom stereocenters. The highest BCUT2D eigenvalue weighted by Crippen LogP contribution is 2.54. The maximum absolute atomic E-state index is 12.6. The molecule has 3 saturated heterocycles. The minimum absolute atomic E-state index is 0.141. The van der Waals surface area contributed by atoms with Crippen LogP contribution in [0.25, 0.3) is 0 Å². The summed E-state index contributed by atoms with van der Waals surface area (Å²) in [6.45, 7) is 4.40. The second-order valence-corrected chi connectivity index (χ2v) is 8.57. The van der Waals surface area contributed by atoms with Crippen LogP contribution in [0.2, 0.25) is 0 Å². The maximum Gasteiger partial charge on any atom is 0.290 e. The van der Waals surface area contributed by atoms with Crippen LogP contribution in [0.15, 0.2) is 27.5 Å². The van der Waals surface area contributed by atoms with Crippen molar-refractivity contribution in [2.75, 3.05) is 19.6 Å². The van der Waals surface area contributed by atoms with Crippen LogP contribution in [0.5, 0.6) is 0 Å². The fourth-order valence-corrected chi connectivity index (χ4v) is 5.35. The van der Waals surface area contributed by atoms with Gasteiger partial charge in [0.05, 0.1) is 18.2 Å². The molecule has 3 aliphatic heterocycles. The number of pyridine rings is 1. The number of fused-ring (bicyclic) bond motifs is 1. The Hall–Kier alpha value is -3.05. The first-order valence-corrected chi connectivity index (χ1v) is 10.6. The summed E-state index contributed by atoms with van der Waals surface area (Å²) >= 11 is 0. The van der Waals surface area contributed by atoms with Gasteiger partial charge in [-0.15, -0.1) is 10.2 Å². The zero-order valence-electron chi connectivity index (χ0n) is 18.1. The van der Waals surface area contributed by atoms with E-state index in [9.17, 15) is 9.59 Å². The summed E-state index contributed by atoms with van der Waals surface area (Å²) in [5, 5.41) is 17.9. The smallest absolute Gasteiger partial charge is 0.290 e. The molecule has 3 fully saturated rings. The predicted octanol–water partition coefficient (Wildman–Crippen LogP) is 0.187. The van der Waals surface area contributed by atoms with Crippen molar-refractivity contribution in [1.29, 1.82) is 0 Å². The number of hydrogen-bond acceptors (Lipinski definition) is 8. The van der Waals surface area contributed by atoms with E-state index in [1.165, 1.54) is 4.57 Å². The molecule has 0 aromatic carbocycles. The van der Waals surface area contributed by atoms with E-state index in [2.05, 4.69) is 20.4 Å². The largest absolute Gasteiger partial charge is 0.483 e. The van der Waals surface area contributed by atoms with Crippen LogP contribution in [0.4, 0.5) is 0 Å². The third-order valence-electron chi connectivity index (χ3n) is 6.65. The molecule has 2 aromatic heterocycles. The summed E-state index contributed by atoms with van der Waals surface area (Å²) in [7, 11) is 1.64. The van der Waals surface area contributed by atoms with Crippen LogP contribution >= 0.6 is 0 Å². The highest BCUT2D eigenvalue weighted by atomic mass is 16.5.